The lowest BCUT2D eigenvalue weighted by Crippen LogP contribution is -2.40. The quantitative estimate of drug-likeness (QED) is 0.583. The molecule has 1 aromatic carbocycles. The average molecular weight is 279 g/mol. The van der Waals surface area contributed by atoms with E-state index < -0.39 is 0 Å². The molecule has 20 heavy (non-hydrogen) atoms. The third-order valence-electron chi connectivity index (χ3n) is 3.95. The summed E-state index contributed by atoms with van der Waals surface area (Å²) in [7, 11) is 4.04. The fraction of sp³-hybridized carbons (Fsp3) is 0.733. The zero-order valence-electron chi connectivity index (χ0n) is 12.5. The lowest BCUT2D eigenvalue weighted by atomic mass is 9.95. The van der Waals surface area contributed by atoms with Crippen LogP contribution in [-0.4, -0.2) is 38.1 Å². The van der Waals surface area contributed by atoms with E-state index >= 15 is 0 Å². The maximum Gasteiger partial charge on any atom is 0.253 e. The first kappa shape index (κ1) is 15.0. The molecule has 0 saturated heterocycles. The molecule has 5 nitrogen and oxygen atoms in total. The smallest absolute Gasteiger partial charge is 0.253 e. The third kappa shape index (κ3) is 3.60. The van der Waals surface area contributed by atoms with Crippen molar-refractivity contribution in [3.8, 4) is 0 Å². The van der Waals surface area contributed by atoms with Crippen LogP contribution in [-0.2, 0) is 0 Å². The normalized spacial score (nSPS) is 16.8. The minimum Gasteiger partial charge on any atom is -0.380 e. The van der Waals surface area contributed by atoms with Gasteiger partial charge in [-0.2, -0.15) is 0 Å². The van der Waals surface area contributed by atoms with Crippen molar-refractivity contribution in [1.29, 1.82) is 0 Å². The number of rotatable bonds is 7. The molecule has 0 unspecified atom stereocenters. The van der Waals surface area contributed by atoms with Gasteiger partial charge in [0, 0.05) is 12.6 Å². The average Bonchev–Trinajstić information content (AvgIpc) is 2.46. The van der Waals surface area contributed by atoms with Crippen LogP contribution in [0.3, 0.4) is 0 Å². The lowest BCUT2D eigenvalue weighted by molar-refractivity contribution is 0.405. The largest absolute Gasteiger partial charge is 0.380 e. The minimum atomic E-state index is -0.367. The van der Waals surface area contributed by atoms with E-state index in [1.165, 1.54) is 19.3 Å². The predicted molar refractivity (Wildman–Crippen MR) is 83.5 cm³/mol. The fourth-order valence-corrected chi connectivity index (χ4v) is 2.76. The van der Waals surface area contributed by atoms with Crippen LogP contribution >= 0.6 is 0 Å². The van der Waals surface area contributed by atoms with Crippen LogP contribution in [0.2, 0.25) is 0 Å². The van der Waals surface area contributed by atoms with Crippen molar-refractivity contribution in [2.45, 2.75) is 44.6 Å². The van der Waals surface area contributed by atoms with E-state index in [2.05, 4.69) is 15.5 Å². The monoisotopic (exact) mass is 279 g/mol. The molecule has 1 aliphatic rings. The van der Waals surface area contributed by atoms with Gasteiger partial charge in [-0.25, -0.2) is 0 Å². The highest BCUT2D eigenvalue weighted by molar-refractivity contribution is 5.74. The molecule has 0 amide bonds. The van der Waals surface area contributed by atoms with Gasteiger partial charge in [0.25, 0.3) is 10.9 Å². The van der Waals surface area contributed by atoms with Gasteiger partial charge < -0.3 is 15.5 Å². The molecule has 1 saturated carbocycles. The van der Waals surface area contributed by atoms with Crippen LogP contribution < -0.4 is 21.5 Å². The molecule has 0 aromatic heterocycles. The Morgan fingerprint density at radius 2 is 1.70 bits per heavy atom. The minimum absolute atomic E-state index is 0.356. The summed E-state index contributed by atoms with van der Waals surface area (Å²) in [6.45, 7) is 1.69. The number of anilines is 2. The summed E-state index contributed by atoms with van der Waals surface area (Å²) in [6, 6.07) is 0.356. The van der Waals surface area contributed by atoms with Crippen molar-refractivity contribution in [3.05, 3.63) is 20.4 Å². The standard InChI is InChI=1S/C15H25N3O2/c1-18(2)10-6-9-16-12-13(15(20)14(12)19)17-11-7-4-3-5-8-11/h11,16-17H,3-10H2,1-2H3. The Labute approximate surface area is 120 Å². The Bertz CT molecular complexity index is 497. The van der Waals surface area contributed by atoms with Crippen molar-refractivity contribution < 1.29 is 0 Å². The van der Waals surface area contributed by atoms with Gasteiger partial charge in [0.2, 0.25) is 0 Å². The van der Waals surface area contributed by atoms with Crippen molar-refractivity contribution in [1.82, 2.24) is 4.90 Å². The van der Waals surface area contributed by atoms with Crippen LogP contribution in [0.15, 0.2) is 9.59 Å². The van der Waals surface area contributed by atoms with Gasteiger partial charge >= 0.3 is 0 Å². The summed E-state index contributed by atoms with van der Waals surface area (Å²) >= 11 is 0. The Balaban J connectivity index is 1.87. The zero-order valence-corrected chi connectivity index (χ0v) is 12.5. The molecule has 0 radical (unpaired) electrons. The van der Waals surface area contributed by atoms with Gasteiger partial charge in [0.1, 0.15) is 11.4 Å². The van der Waals surface area contributed by atoms with Crippen LogP contribution in [0.25, 0.3) is 0 Å². The van der Waals surface area contributed by atoms with Gasteiger partial charge in [-0.3, -0.25) is 9.59 Å². The molecule has 5 heteroatoms. The van der Waals surface area contributed by atoms with Crippen LogP contribution in [0.4, 0.5) is 11.4 Å². The summed E-state index contributed by atoms with van der Waals surface area (Å²) in [4.78, 5) is 25.4. The van der Waals surface area contributed by atoms with E-state index in [1.54, 1.807) is 0 Å². The van der Waals surface area contributed by atoms with Crippen molar-refractivity contribution >= 4 is 11.4 Å². The maximum absolute atomic E-state index is 11.7. The Hall–Kier alpha value is -1.36. The highest BCUT2D eigenvalue weighted by atomic mass is 16.2. The van der Waals surface area contributed by atoms with E-state index in [1.807, 2.05) is 14.1 Å². The van der Waals surface area contributed by atoms with E-state index in [9.17, 15) is 9.59 Å². The Morgan fingerprint density at radius 1 is 1.05 bits per heavy atom. The maximum atomic E-state index is 11.7. The zero-order chi connectivity index (χ0) is 14.5. The topological polar surface area (TPSA) is 61.4 Å². The van der Waals surface area contributed by atoms with Gasteiger partial charge in [-0.1, -0.05) is 19.3 Å². The van der Waals surface area contributed by atoms with E-state index in [-0.39, 0.29) is 10.9 Å². The summed E-state index contributed by atoms with van der Waals surface area (Å²) < 4.78 is 0. The van der Waals surface area contributed by atoms with Crippen molar-refractivity contribution in [2.75, 3.05) is 37.8 Å². The predicted octanol–water partition coefficient (Wildman–Crippen LogP) is 1.39. The van der Waals surface area contributed by atoms with Gasteiger partial charge in [0.05, 0.1) is 0 Å². The van der Waals surface area contributed by atoms with Crippen LogP contribution in [0, 0.1) is 0 Å². The number of nitrogens with zero attached hydrogens (tertiary/aromatic N) is 1. The number of hydrogen-bond donors (Lipinski definition) is 2. The fourth-order valence-electron chi connectivity index (χ4n) is 2.76. The van der Waals surface area contributed by atoms with Crippen LogP contribution in [0.1, 0.15) is 38.5 Å². The van der Waals surface area contributed by atoms with E-state index in [4.69, 9.17) is 0 Å². The summed E-state index contributed by atoms with van der Waals surface area (Å²) in [6.07, 6.45) is 6.84. The lowest BCUT2D eigenvalue weighted by Gasteiger charge is -2.25. The molecule has 0 atom stereocenters. The molecule has 1 fully saturated rings. The molecule has 112 valence electrons. The molecular formula is C15H25N3O2. The van der Waals surface area contributed by atoms with Gasteiger partial charge in [0.15, 0.2) is 0 Å². The van der Waals surface area contributed by atoms with E-state index in [0.29, 0.717) is 17.4 Å². The highest BCUT2D eigenvalue weighted by Crippen LogP contribution is 2.23. The van der Waals surface area contributed by atoms with Crippen LogP contribution in [0.5, 0.6) is 0 Å². The molecule has 2 rings (SSSR count). The first-order valence-corrected chi connectivity index (χ1v) is 7.58. The summed E-state index contributed by atoms with van der Waals surface area (Å²) in [5, 5.41) is 6.39. The second kappa shape index (κ2) is 6.88. The SMILES string of the molecule is CN(C)CCCNc1c(NC2CCCCC2)c(=O)c1=O. The third-order valence-corrected chi connectivity index (χ3v) is 3.95. The molecule has 2 N–H and O–H groups in total. The first-order valence-electron chi connectivity index (χ1n) is 7.58. The molecule has 0 heterocycles. The second-order valence-corrected chi connectivity index (χ2v) is 5.97. The van der Waals surface area contributed by atoms with Crippen molar-refractivity contribution in [2.24, 2.45) is 0 Å². The Morgan fingerprint density at radius 3 is 2.35 bits per heavy atom. The van der Waals surface area contributed by atoms with Gasteiger partial charge in [-0.15, -0.1) is 0 Å². The highest BCUT2D eigenvalue weighted by Gasteiger charge is 2.23. The summed E-state index contributed by atoms with van der Waals surface area (Å²) in [5.41, 5.74) is 0.296. The molecular weight excluding hydrogens is 254 g/mol. The summed E-state index contributed by atoms with van der Waals surface area (Å²) in [5.74, 6) is 0. The first-order chi connectivity index (χ1) is 9.59. The molecule has 0 aliphatic heterocycles. The Kier molecular flexibility index (Phi) is 5.17. The number of hydrogen-bond acceptors (Lipinski definition) is 5. The molecule has 0 bridgehead atoms. The van der Waals surface area contributed by atoms with E-state index in [0.717, 1.165) is 32.4 Å². The molecule has 1 aromatic rings. The molecule has 0 spiro atoms. The number of nitrogens with one attached hydrogen (secondary N) is 2. The second-order valence-electron chi connectivity index (χ2n) is 5.97. The van der Waals surface area contributed by atoms with Crippen molar-refractivity contribution in [3.63, 3.8) is 0 Å². The molecule has 1 aliphatic carbocycles. The van der Waals surface area contributed by atoms with Gasteiger partial charge in [-0.05, 0) is 39.9 Å².